The number of rotatable bonds is 5. The Hall–Kier alpha value is -3.61. The van der Waals surface area contributed by atoms with Crippen molar-refractivity contribution < 1.29 is 23.5 Å². The second-order valence-corrected chi connectivity index (χ2v) is 8.19. The largest absolute Gasteiger partial charge is 0.479 e. The summed E-state index contributed by atoms with van der Waals surface area (Å²) in [6.07, 6.45) is 2.48. The van der Waals surface area contributed by atoms with Crippen molar-refractivity contribution in [1.29, 1.82) is 0 Å². The molecule has 0 radical (unpaired) electrons. The summed E-state index contributed by atoms with van der Waals surface area (Å²) in [6, 6.07) is 12.6. The van der Waals surface area contributed by atoms with Gasteiger partial charge in [-0.15, -0.1) is 0 Å². The number of hydrogen-bond acceptors (Lipinski definition) is 6. The molecule has 32 heavy (non-hydrogen) atoms. The molecule has 1 aliphatic heterocycles. The van der Waals surface area contributed by atoms with Gasteiger partial charge < -0.3 is 18.8 Å². The van der Waals surface area contributed by atoms with Crippen molar-refractivity contribution in [3.05, 3.63) is 69.6 Å². The Morgan fingerprint density at radius 3 is 2.75 bits per heavy atom. The number of amides is 1. The van der Waals surface area contributed by atoms with E-state index in [1.54, 1.807) is 24.0 Å². The van der Waals surface area contributed by atoms with Gasteiger partial charge in [-0.3, -0.25) is 9.59 Å². The van der Waals surface area contributed by atoms with Gasteiger partial charge in [-0.2, -0.15) is 0 Å². The second-order valence-electron chi connectivity index (χ2n) is 8.19. The molecule has 0 unspecified atom stereocenters. The van der Waals surface area contributed by atoms with Gasteiger partial charge in [0, 0.05) is 23.6 Å². The summed E-state index contributed by atoms with van der Waals surface area (Å²) in [5.74, 6) is -0.0306. The third-order valence-electron chi connectivity index (χ3n) is 6.04. The fourth-order valence-electron chi connectivity index (χ4n) is 4.44. The quantitative estimate of drug-likeness (QED) is 0.452. The van der Waals surface area contributed by atoms with E-state index in [1.807, 2.05) is 24.3 Å². The maximum absolute atomic E-state index is 12.6. The van der Waals surface area contributed by atoms with Crippen LogP contribution in [0, 0.1) is 0 Å². The summed E-state index contributed by atoms with van der Waals surface area (Å²) in [5, 5.41) is 0.796. The first kappa shape index (κ1) is 20.3. The highest BCUT2D eigenvalue weighted by molar-refractivity contribution is 6.00. The maximum atomic E-state index is 12.6. The van der Waals surface area contributed by atoms with Gasteiger partial charge in [0.15, 0.2) is 6.10 Å². The highest BCUT2D eigenvalue weighted by atomic mass is 16.5. The van der Waals surface area contributed by atoms with Gasteiger partial charge >= 0.3 is 11.6 Å². The number of aryl methyl sites for hydroxylation is 2. The molecule has 164 valence electrons. The third-order valence-corrected chi connectivity index (χ3v) is 6.04. The molecule has 0 N–H and O–H groups in total. The van der Waals surface area contributed by atoms with Crippen LogP contribution < -0.4 is 15.3 Å². The summed E-state index contributed by atoms with van der Waals surface area (Å²) in [6.45, 7) is 1.85. The van der Waals surface area contributed by atoms with Crippen LogP contribution in [-0.4, -0.2) is 24.5 Å². The van der Waals surface area contributed by atoms with E-state index in [1.165, 1.54) is 17.2 Å². The molecule has 3 aromatic rings. The van der Waals surface area contributed by atoms with Gasteiger partial charge in [0.1, 0.15) is 17.9 Å². The van der Waals surface area contributed by atoms with E-state index in [0.717, 1.165) is 24.6 Å². The molecule has 2 heterocycles. The first-order chi connectivity index (χ1) is 15.5. The lowest BCUT2D eigenvalue weighted by atomic mass is 10.0. The number of anilines is 1. The van der Waals surface area contributed by atoms with Gasteiger partial charge in [0.05, 0.1) is 12.1 Å². The minimum absolute atomic E-state index is 0.0240. The van der Waals surface area contributed by atoms with Crippen molar-refractivity contribution in [2.45, 2.75) is 45.3 Å². The molecular formula is C25H23NO6. The SMILES string of the molecule is C[C@@H]1Oc2ccccc2N(CCC(=O)OCc2cc(=O)oc3cc4c(cc23)CCC4)C1=O. The third kappa shape index (κ3) is 3.75. The molecule has 1 atom stereocenters. The Bertz CT molecular complexity index is 1280. The van der Waals surface area contributed by atoms with Crippen LogP contribution in [0.1, 0.15) is 36.5 Å². The van der Waals surface area contributed by atoms with Crippen molar-refractivity contribution in [3.8, 4) is 5.75 Å². The number of esters is 1. The van der Waals surface area contributed by atoms with Crippen molar-refractivity contribution in [3.63, 3.8) is 0 Å². The molecule has 1 aromatic heterocycles. The Labute approximate surface area is 184 Å². The minimum atomic E-state index is -0.613. The average molecular weight is 433 g/mol. The molecule has 0 saturated carbocycles. The summed E-state index contributed by atoms with van der Waals surface area (Å²) in [4.78, 5) is 38.6. The van der Waals surface area contributed by atoms with Crippen molar-refractivity contribution in [2.24, 2.45) is 0 Å². The Balaban J connectivity index is 1.28. The molecule has 0 fully saturated rings. The lowest BCUT2D eigenvalue weighted by Gasteiger charge is -2.32. The van der Waals surface area contributed by atoms with Gasteiger partial charge in [-0.05, 0) is 61.6 Å². The second kappa shape index (κ2) is 8.15. The molecule has 7 heteroatoms. The number of benzene rings is 2. The van der Waals surface area contributed by atoms with Gasteiger partial charge in [-0.1, -0.05) is 12.1 Å². The molecule has 0 saturated heterocycles. The number of para-hydroxylation sites is 2. The fourth-order valence-corrected chi connectivity index (χ4v) is 4.44. The van der Waals surface area contributed by atoms with E-state index in [-0.39, 0.29) is 25.5 Å². The van der Waals surface area contributed by atoms with Crippen LogP contribution in [0.15, 0.2) is 51.7 Å². The summed E-state index contributed by atoms with van der Waals surface area (Å²) in [5.41, 5.74) is 3.78. The lowest BCUT2D eigenvalue weighted by Crippen LogP contribution is -2.45. The van der Waals surface area contributed by atoms with Crippen LogP contribution in [0.4, 0.5) is 5.69 Å². The van der Waals surface area contributed by atoms with Crippen LogP contribution in [0.3, 0.4) is 0 Å². The Morgan fingerprint density at radius 2 is 1.91 bits per heavy atom. The zero-order chi connectivity index (χ0) is 22.2. The van der Waals surface area contributed by atoms with Crippen molar-refractivity contribution in [1.82, 2.24) is 0 Å². The first-order valence-electron chi connectivity index (χ1n) is 10.8. The average Bonchev–Trinajstić information content (AvgIpc) is 3.23. The van der Waals surface area contributed by atoms with Crippen LogP contribution in [0.5, 0.6) is 5.75 Å². The van der Waals surface area contributed by atoms with Crippen LogP contribution in [0.25, 0.3) is 11.0 Å². The van der Waals surface area contributed by atoms with Crippen LogP contribution >= 0.6 is 0 Å². The van der Waals surface area contributed by atoms with E-state index in [0.29, 0.717) is 22.6 Å². The van der Waals surface area contributed by atoms with E-state index in [4.69, 9.17) is 13.9 Å². The van der Waals surface area contributed by atoms with Crippen molar-refractivity contribution in [2.75, 3.05) is 11.4 Å². The van der Waals surface area contributed by atoms with E-state index >= 15 is 0 Å². The molecule has 5 rings (SSSR count). The molecule has 7 nitrogen and oxygen atoms in total. The molecule has 1 amide bonds. The Morgan fingerprint density at radius 1 is 1.12 bits per heavy atom. The highest BCUT2D eigenvalue weighted by Crippen LogP contribution is 2.33. The summed E-state index contributed by atoms with van der Waals surface area (Å²) < 4.78 is 16.5. The van der Waals surface area contributed by atoms with Crippen molar-refractivity contribution >= 4 is 28.5 Å². The molecule has 1 aliphatic carbocycles. The normalized spacial score (nSPS) is 17.1. The number of carbonyl (C=O) groups excluding carboxylic acids is 2. The number of hydrogen-bond donors (Lipinski definition) is 0. The number of carbonyl (C=O) groups is 2. The molecule has 2 aromatic carbocycles. The fraction of sp³-hybridized carbons (Fsp3) is 0.320. The molecule has 0 bridgehead atoms. The van der Waals surface area contributed by atoms with Gasteiger partial charge in [0.25, 0.3) is 5.91 Å². The number of ether oxygens (including phenoxy) is 2. The Kier molecular flexibility index (Phi) is 5.17. The number of fused-ring (bicyclic) bond motifs is 3. The van der Waals surface area contributed by atoms with Gasteiger partial charge in [0.2, 0.25) is 0 Å². The van der Waals surface area contributed by atoms with Gasteiger partial charge in [-0.25, -0.2) is 4.79 Å². The highest BCUT2D eigenvalue weighted by Gasteiger charge is 2.31. The molecule has 0 spiro atoms. The standard InChI is InChI=1S/C25H23NO6/c1-15-25(29)26(20-7-2-3-8-21(20)31-15)10-9-23(27)30-14-18-13-24(28)32-22-12-17-6-4-5-16(17)11-19(18)22/h2-3,7-8,11-13,15H,4-6,9-10,14H2,1H3/t15-/m0/s1. The predicted molar refractivity (Wildman–Crippen MR) is 118 cm³/mol. The van der Waals surface area contributed by atoms with Crippen LogP contribution in [0.2, 0.25) is 0 Å². The van der Waals surface area contributed by atoms with E-state index in [9.17, 15) is 14.4 Å². The summed E-state index contributed by atoms with van der Waals surface area (Å²) >= 11 is 0. The van der Waals surface area contributed by atoms with E-state index in [2.05, 4.69) is 0 Å². The monoisotopic (exact) mass is 433 g/mol. The molecule has 2 aliphatic rings. The topological polar surface area (TPSA) is 86.0 Å². The smallest absolute Gasteiger partial charge is 0.336 e. The summed E-state index contributed by atoms with van der Waals surface area (Å²) in [7, 11) is 0. The molecular weight excluding hydrogens is 410 g/mol. The minimum Gasteiger partial charge on any atom is -0.479 e. The predicted octanol–water partition coefficient (Wildman–Crippen LogP) is 3.53. The maximum Gasteiger partial charge on any atom is 0.336 e. The van der Waals surface area contributed by atoms with Crippen LogP contribution in [-0.2, 0) is 33.8 Å². The zero-order valence-electron chi connectivity index (χ0n) is 17.8. The lowest BCUT2D eigenvalue weighted by molar-refractivity contribution is -0.144. The zero-order valence-corrected chi connectivity index (χ0v) is 17.8. The van der Waals surface area contributed by atoms with E-state index < -0.39 is 17.7 Å². The first-order valence-corrected chi connectivity index (χ1v) is 10.8. The number of nitrogens with zero attached hydrogens (tertiary/aromatic N) is 1.